The Morgan fingerprint density at radius 2 is 1.88 bits per heavy atom. The number of sulfonamides is 1. The summed E-state index contributed by atoms with van der Waals surface area (Å²) in [5.74, 6) is 0.396. The monoisotopic (exact) mass is 347 g/mol. The molecule has 1 heterocycles. The minimum absolute atomic E-state index is 0.0385. The van der Waals surface area contributed by atoms with Crippen LogP contribution in [0.3, 0.4) is 0 Å². The number of hydrogen-bond acceptors (Lipinski definition) is 4. The maximum atomic E-state index is 12.2. The summed E-state index contributed by atoms with van der Waals surface area (Å²) in [5, 5.41) is 0. The molecule has 2 rings (SSSR count). The van der Waals surface area contributed by atoms with E-state index in [4.69, 9.17) is 0 Å². The molecule has 0 saturated heterocycles. The number of nitrogens with zero attached hydrogens (tertiary/aromatic N) is 2. The first-order chi connectivity index (χ1) is 11.5. The van der Waals surface area contributed by atoms with Crippen molar-refractivity contribution in [1.82, 2.24) is 4.98 Å². The van der Waals surface area contributed by atoms with Gasteiger partial charge >= 0.3 is 0 Å². The van der Waals surface area contributed by atoms with Crippen LogP contribution in [0.4, 0.5) is 11.5 Å². The highest BCUT2D eigenvalue weighted by atomic mass is 32.2. The second-order valence-corrected chi connectivity index (χ2v) is 7.68. The summed E-state index contributed by atoms with van der Waals surface area (Å²) in [6, 6.07) is 13.2. The lowest BCUT2D eigenvalue weighted by atomic mass is 10.2. The lowest BCUT2D eigenvalue weighted by Crippen LogP contribution is -2.20. The molecule has 0 saturated carbocycles. The molecule has 1 aromatic carbocycles. The van der Waals surface area contributed by atoms with Crippen molar-refractivity contribution in [1.29, 1.82) is 0 Å². The summed E-state index contributed by atoms with van der Waals surface area (Å²) in [7, 11) is -1.40. The van der Waals surface area contributed by atoms with E-state index >= 15 is 0 Å². The fourth-order valence-corrected chi connectivity index (χ4v) is 3.35. The summed E-state index contributed by atoms with van der Waals surface area (Å²) in [4.78, 5) is 6.33. The van der Waals surface area contributed by atoms with Crippen LogP contribution in [0.1, 0.15) is 25.3 Å². The molecule has 24 heavy (non-hydrogen) atoms. The van der Waals surface area contributed by atoms with Crippen LogP contribution in [0.2, 0.25) is 0 Å². The molecule has 6 heteroatoms. The molecule has 2 aromatic rings. The van der Waals surface area contributed by atoms with Crippen molar-refractivity contribution in [3.05, 3.63) is 54.2 Å². The van der Waals surface area contributed by atoms with Gasteiger partial charge in [-0.15, -0.1) is 0 Å². The number of aromatic nitrogens is 1. The zero-order valence-electron chi connectivity index (χ0n) is 14.3. The van der Waals surface area contributed by atoms with Crippen molar-refractivity contribution in [3.8, 4) is 0 Å². The predicted octanol–water partition coefficient (Wildman–Crippen LogP) is 3.30. The fraction of sp³-hybridized carbons (Fsp3) is 0.389. The number of benzene rings is 1. The maximum Gasteiger partial charge on any atom is 0.234 e. The van der Waals surface area contributed by atoms with Crippen molar-refractivity contribution >= 4 is 21.5 Å². The molecule has 0 atom stereocenters. The molecule has 0 aliphatic carbocycles. The average molecular weight is 347 g/mol. The topological polar surface area (TPSA) is 62.3 Å². The fourth-order valence-electron chi connectivity index (χ4n) is 2.30. The van der Waals surface area contributed by atoms with E-state index < -0.39 is 10.0 Å². The third-order valence-electron chi connectivity index (χ3n) is 3.80. The number of anilines is 2. The Kier molecular flexibility index (Phi) is 6.61. The zero-order chi connectivity index (χ0) is 17.4. The predicted molar refractivity (Wildman–Crippen MR) is 100.0 cm³/mol. The van der Waals surface area contributed by atoms with Crippen molar-refractivity contribution < 1.29 is 8.42 Å². The summed E-state index contributed by atoms with van der Waals surface area (Å²) in [5.41, 5.74) is 1.99. The van der Waals surface area contributed by atoms with Crippen LogP contribution in [-0.4, -0.2) is 32.7 Å². The molecule has 0 amide bonds. The van der Waals surface area contributed by atoms with Gasteiger partial charge in [0.25, 0.3) is 0 Å². The Morgan fingerprint density at radius 1 is 1.12 bits per heavy atom. The highest BCUT2D eigenvalue weighted by Crippen LogP contribution is 2.15. The quantitative estimate of drug-likeness (QED) is 0.756. The molecular formula is C18H25N3O2S. The Morgan fingerprint density at radius 3 is 2.50 bits per heavy atom. The molecule has 0 aliphatic rings. The lowest BCUT2D eigenvalue weighted by molar-refractivity contribution is 0.600. The molecule has 0 unspecified atom stereocenters. The van der Waals surface area contributed by atoms with Gasteiger partial charge < -0.3 is 4.90 Å². The van der Waals surface area contributed by atoms with E-state index in [1.54, 1.807) is 12.3 Å². The first kappa shape index (κ1) is 18.3. The molecular weight excluding hydrogens is 322 g/mol. The smallest absolute Gasteiger partial charge is 0.234 e. The standard InChI is InChI=1S/C18H25N3O2S/c1-3-4-13-21(2)17-10-11-18(19-15-17)20-24(22,23)14-12-16-8-6-5-7-9-16/h5-11,15H,3-4,12-14H2,1-2H3,(H,19,20). The average Bonchev–Trinajstić information content (AvgIpc) is 2.59. The summed E-state index contributed by atoms with van der Waals surface area (Å²) in [6.07, 6.45) is 4.43. The number of hydrogen-bond donors (Lipinski definition) is 1. The Labute approximate surface area is 144 Å². The van der Waals surface area contributed by atoms with Gasteiger partial charge in [0.15, 0.2) is 0 Å². The first-order valence-electron chi connectivity index (χ1n) is 8.22. The van der Waals surface area contributed by atoms with Crippen LogP contribution in [-0.2, 0) is 16.4 Å². The van der Waals surface area contributed by atoms with Gasteiger partial charge in [0.05, 0.1) is 17.6 Å². The van der Waals surface area contributed by atoms with Crippen molar-refractivity contribution in [3.63, 3.8) is 0 Å². The van der Waals surface area contributed by atoms with E-state index in [2.05, 4.69) is 21.5 Å². The van der Waals surface area contributed by atoms with Crippen LogP contribution in [0.25, 0.3) is 0 Å². The van der Waals surface area contributed by atoms with Crippen LogP contribution in [0, 0.1) is 0 Å². The number of rotatable bonds is 9. The summed E-state index contributed by atoms with van der Waals surface area (Å²) in [6.45, 7) is 3.11. The highest BCUT2D eigenvalue weighted by molar-refractivity contribution is 7.92. The maximum absolute atomic E-state index is 12.2. The van der Waals surface area contributed by atoms with Gasteiger partial charge in [-0.1, -0.05) is 43.7 Å². The minimum Gasteiger partial charge on any atom is -0.373 e. The van der Waals surface area contributed by atoms with Gasteiger partial charge in [0.1, 0.15) is 5.82 Å². The molecule has 1 aromatic heterocycles. The molecule has 0 aliphatic heterocycles. The van der Waals surface area contributed by atoms with E-state index in [-0.39, 0.29) is 5.75 Å². The number of aryl methyl sites for hydroxylation is 1. The molecule has 0 radical (unpaired) electrons. The van der Waals surface area contributed by atoms with Gasteiger partial charge in [0.2, 0.25) is 10.0 Å². The van der Waals surface area contributed by atoms with Gasteiger partial charge in [-0.25, -0.2) is 13.4 Å². The minimum atomic E-state index is -3.41. The first-order valence-corrected chi connectivity index (χ1v) is 9.87. The van der Waals surface area contributed by atoms with E-state index in [0.29, 0.717) is 12.2 Å². The highest BCUT2D eigenvalue weighted by Gasteiger charge is 2.12. The van der Waals surface area contributed by atoms with Crippen molar-refractivity contribution in [2.24, 2.45) is 0 Å². The van der Waals surface area contributed by atoms with Crippen LogP contribution in [0.15, 0.2) is 48.7 Å². The van der Waals surface area contributed by atoms with E-state index in [0.717, 1.165) is 30.6 Å². The molecule has 5 nitrogen and oxygen atoms in total. The number of unbranched alkanes of at least 4 members (excludes halogenated alkanes) is 1. The summed E-state index contributed by atoms with van der Waals surface area (Å²) < 4.78 is 26.9. The molecule has 0 spiro atoms. The zero-order valence-corrected chi connectivity index (χ0v) is 15.1. The van der Waals surface area contributed by atoms with E-state index in [1.165, 1.54) is 0 Å². The molecule has 0 fully saturated rings. The van der Waals surface area contributed by atoms with Crippen LogP contribution >= 0.6 is 0 Å². The van der Waals surface area contributed by atoms with Gasteiger partial charge in [-0.3, -0.25) is 4.72 Å². The number of pyridine rings is 1. The normalized spacial score (nSPS) is 11.2. The van der Waals surface area contributed by atoms with Crippen molar-refractivity contribution in [2.45, 2.75) is 26.2 Å². The largest absolute Gasteiger partial charge is 0.373 e. The second-order valence-electron chi connectivity index (χ2n) is 5.83. The van der Waals surface area contributed by atoms with E-state index in [1.807, 2.05) is 43.4 Å². The van der Waals surface area contributed by atoms with Gasteiger partial charge in [-0.2, -0.15) is 0 Å². The van der Waals surface area contributed by atoms with Crippen molar-refractivity contribution in [2.75, 3.05) is 29.0 Å². The van der Waals surface area contributed by atoms with Crippen LogP contribution < -0.4 is 9.62 Å². The van der Waals surface area contributed by atoms with E-state index in [9.17, 15) is 8.42 Å². The summed E-state index contributed by atoms with van der Waals surface area (Å²) >= 11 is 0. The third kappa shape index (κ3) is 5.85. The third-order valence-corrected chi connectivity index (χ3v) is 5.06. The number of nitrogens with one attached hydrogen (secondary N) is 1. The lowest BCUT2D eigenvalue weighted by Gasteiger charge is -2.18. The van der Waals surface area contributed by atoms with Gasteiger partial charge in [-0.05, 0) is 30.5 Å². The Hall–Kier alpha value is -2.08. The second kappa shape index (κ2) is 8.68. The van der Waals surface area contributed by atoms with Gasteiger partial charge in [0, 0.05) is 13.6 Å². The Balaban J connectivity index is 1.92. The SMILES string of the molecule is CCCCN(C)c1ccc(NS(=O)(=O)CCc2ccccc2)nc1. The molecule has 130 valence electrons. The Bertz CT molecular complexity index is 716. The molecule has 1 N–H and O–H groups in total. The molecule has 0 bridgehead atoms. The van der Waals surface area contributed by atoms with Crippen LogP contribution in [0.5, 0.6) is 0 Å².